The van der Waals surface area contributed by atoms with E-state index in [0.29, 0.717) is 11.9 Å². The van der Waals surface area contributed by atoms with Crippen molar-refractivity contribution in [2.24, 2.45) is 0 Å². The van der Waals surface area contributed by atoms with Crippen molar-refractivity contribution in [2.75, 3.05) is 18.8 Å². The zero-order valence-corrected chi connectivity index (χ0v) is 12.2. The van der Waals surface area contributed by atoms with Crippen LogP contribution < -0.4 is 11.3 Å². The highest BCUT2D eigenvalue weighted by Crippen LogP contribution is 2.35. The highest BCUT2D eigenvalue weighted by molar-refractivity contribution is 5.83. The van der Waals surface area contributed by atoms with Crippen molar-refractivity contribution in [2.45, 2.75) is 37.8 Å². The van der Waals surface area contributed by atoms with E-state index in [1.165, 1.54) is 25.8 Å². The molecule has 2 N–H and O–H groups in total. The largest absolute Gasteiger partial charge is 0.385 e. The lowest BCUT2D eigenvalue weighted by molar-refractivity contribution is 0.173. The number of hydrogen-bond acceptors (Lipinski definition) is 3. The van der Waals surface area contributed by atoms with Gasteiger partial charge in [-0.25, -0.2) is 0 Å². The highest BCUT2D eigenvalue weighted by Gasteiger charge is 2.37. The molecule has 0 spiro atoms. The van der Waals surface area contributed by atoms with Gasteiger partial charge in [0.1, 0.15) is 5.82 Å². The zero-order valence-electron chi connectivity index (χ0n) is 12.2. The van der Waals surface area contributed by atoms with Crippen molar-refractivity contribution in [3.63, 3.8) is 0 Å². The van der Waals surface area contributed by atoms with Crippen LogP contribution in [0.3, 0.4) is 0 Å². The zero-order chi connectivity index (χ0) is 14.4. The minimum atomic E-state index is 0.0722. The average Bonchev–Trinajstić information content (AvgIpc) is 2.91. The normalized spacial score (nSPS) is 26.1. The van der Waals surface area contributed by atoms with Gasteiger partial charge in [0.2, 0.25) is 0 Å². The number of hydrogen-bond donors (Lipinski definition) is 1. The van der Waals surface area contributed by atoms with Crippen LogP contribution in [0, 0.1) is 0 Å². The van der Waals surface area contributed by atoms with E-state index in [-0.39, 0.29) is 11.6 Å². The van der Waals surface area contributed by atoms with Gasteiger partial charge in [-0.15, -0.1) is 0 Å². The van der Waals surface area contributed by atoms with Gasteiger partial charge >= 0.3 is 0 Å². The molecule has 1 aromatic heterocycles. The maximum absolute atomic E-state index is 12.9. The Morgan fingerprint density at radius 2 is 1.90 bits per heavy atom. The van der Waals surface area contributed by atoms with E-state index in [1.807, 2.05) is 34.9 Å². The molecule has 4 nitrogen and oxygen atoms in total. The summed E-state index contributed by atoms with van der Waals surface area (Å²) < 4.78 is 1.86. The van der Waals surface area contributed by atoms with E-state index in [9.17, 15) is 4.79 Å². The molecule has 0 radical (unpaired) electrons. The molecule has 21 heavy (non-hydrogen) atoms. The third-order valence-corrected chi connectivity index (χ3v) is 5.14. The smallest absolute Gasteiger partial charge is 0.260 e. The number of nitrogens with zero attached hydrogens (tertiary/aromatic N) is 2. The third-order valence-electron chi connectivity index (χ3n) is 5.14. The fraction of sp³-hybridized carbons (Fsp3) is 0.471. The van der Waals surface area contributed by atoms with E-state index in [0.717, 1.165) is 23.7 Å². The molecular weight excluding hydrogens is 262 g/mol. The van der Waals surface area contributed by atoms with Crippen LogP contribution >= 0.6 is 0 Å². The molecule has 0 bridgehead atoms. The average molecular weight is 283 g/mol. The van der Waals surface area contributed by atoms with Gasteiger partial charge < -0.3 is 5.73 Å². The first kappa shape index (κ1) is 12.9. The van der Waals surface area contributed by atoms with E-state index < -0.39 is 0 Å². The van der Waals surface area contributed by atoms with Crippen LogP contribution in [0.4, 0.5) is 5.82 Å². The molecule has 0 saturated carbocycles. The number of anilines is 1. The lowest BCUT2D eigenvalue weighted by atomic mass is 9.98. The summed E-state index contributed by atoms with van der Waals surface area (Å²) in [5.41, 5.74) is 6.31. The van der Waals surface area contributed by atoms with Crippen LogP contribution in [0.2, 0.25) is 0 Å². The number of nitrogens with two attached hydrogens (primary N) is 1. The van der Waals surface area contributed by atoms with Crippen LogP contribution in [0.15, 0.2) is 35.1 Å². The second-order valence-electron chi connectivity index (χ2n) is 6.29. The summed E-state index contributed by atoms with van der Waals surface area (Å²) >= 11 is 0. The predicted octanol–water partition coefficient (Wildman–Crippen LogP) is 2.38. The standard InChI is InChI=1S/C17H21N3O/c18-16-11-12-5-1-2-6-13(12)17(21)20(16)15-8-10-19-9-4-3-7-14(15)19/h1-2,5-6,11,14-15H,3-4,7-10,18H2. The van der Waals surface area contributed by atoms with Crippen LogP contribution in [0.1, 0.15) is 31.7 Å². The number of pyridine rings is 1. The summed E-state index contributed by atoms with van der Waals surface area (Å²) in [6, 6.07) is 10.4. The Labute approximate surface area is 124 Å². The van der Waals surface area contributed by atoms with Gasteiger partial charge in [0.25, 0.3) is 5.56 Å². The van der Waals surface area contributed by atoms with E-state index in [1.54, 1.807) is 0 Å². The number of aromatic nitrogens is 1. The van der Waals surface area contributed by atoms with Crippen molar-refractivity contribution in [3.8, 4) is 0 Å². The van der Waals surface area contributed by atoms with Crippen LogP contribution in [-0.2, 0) is 0 Å². The van der Waals surface area contributed by atoms with Crippen molar-refractivity contribution in [1.29, 1.82) is 0 Å². The van der Waals surface area contributed by atoms with Crippen LogP contribution in [0.25, 0.3) is 10.8 Å². The van der Waals surface area contributed by atoms with Crippen molar-refractivity contribution in [3.05, 3.63) is 40.7 Å². The summed E-state index contributed by atoms with van der Waals surface area (Å²) in [5.74, 6) is 0.608. The molecular formula is C17H21N3O. The van der Waals surface area contributed by atoms with E-state index in [2.05, 4.69) is 4.90 Å². The van der Waals surface area contributed by atoms with Gasteiger partial charge in [-0.3, -0.25) is 14.3 Å². The second-order valence-corrected chi connectivity index (χ2v) is 6.29. The molecule has 0 aliphatic carbocycles. The molecule has 0 amide bonds. The highest BCUT2D eigenvalue weighted by atomic mass is 16.1. The van der Waals surface area contributed by atoms with E-state index in [4.69, 9.17) is 5.73 Å². The molecule has 4 rings (SSSR count). The molecule has 2 unspecified atom stereocenters. The minimum Gasteiger partial charge on any atom is -0.385 e. The Bertz CT molecular complexity index is 736. The minimum absolute atomic E-state index is 0.0722. The number of nitrogen functional groups attached to an aromatic ring is 1. The van der Waals surface area contributed by atoms with Gasteiger partial charge in [-0.05, 0) is 43.3 Å². The number of rotatable bonds is 1. The van der Waals surface area contributed by atoms with Crippen LogP contribution in [-0.4, -0.2) is 28.6 Å². The summed E-state index contributed by atoms with van der Waals surface area (Å²) in [7, 11) is 0. The lowest BCUT2D eigenvalue weighted by Crippen LogP contribution is -2.40. The monoisotopic (exact) mass is 283 g/mol. The maximum Gasteiger partial charge on any atom is 0.260 e. The first-order valence-electron chi connectivity index (χ1n) is 7.89. The Morgan fingerprint density at radius 3 is 2.81 bits per heavy atom. The second kappa shape index (κ2) is 4.88. The summed E-state index contributed by atoms with van der Waals surface area (Å²) in [4.78, 5) is 15.4. The van der Waals surface area contributed by atoms with Gasteiger partial charge in [0.05, 0.1) is 6.04 Å². The molecule has 1 aromatic carbocycles. The molecule has 4 heteroatoms. The Morgan fingerprint density at radius 1 is 1.05 bits per heavy atom. The molecule has 2 saturated heterocycles. The molecule has 110 valence electrons. The lowest BCUT2D eigenvalue weighted by Gasteiger charge is -2.33. The van der Waals surface area contributed by atoms with Crippen molar-refractivity contribution >= 4 is 16.6 Å². The van der Waals surface area contributed by atoms with Crippen molar-refractivity contribution < 1.29 is 0 Å². The van der Waals surface area contributed by atoms with Gasteiger partial charge in [-0.2, -0.15) is 0 Å². The van der Waals surface area contributed by atoms with Crippen LogP contribution in [0.5, 0.6) is 0 Å². The predicted molar refractivity (Wildman–Crippen MR) is 85.5 cm³/mol. The number of piperidine rings is 1. The Hall–Kier alpha value is -1.81. The molecule has 2 aromatic rings. The third kappa shape index (κ3) is 1.97. The quantitative estimate of drug-likeness (QED) is 0.874. The topological polar surface area (TPSA) is 51.3 Å². The number of benzene rings is 1. The number of fused-ring (bicyclic) bond motifs is 2. The van der Waals surface area contributed by atoms with Gasteiger partial charge in [-0.1, -0.05) is 24.6 Å². The first-order valence-corrected chi connectivity index (χ1v) is 7.89. The molecule has 3 heterocycles. The van der Waals surface area contributed by atoms with Gasteiger partial charge in [0, 0.05) is 18.0 Å². The molecule has 2 fully saturated rings. The molecule has 2 atom stereocenters. The fourth-order valence-corrected chi connectivity index (χ4v) is 4.16. The Balaban J connectivity index is 1.85. The summed E-state index contributed by atoms with van der Waals surface area (Å²) in [6.45, 7) is 2.26. The maximum atomic E-state index is 12.9. The van der Waals surface area contributed by atoms with Crippen molar-refractivity contribution in [1.82, 2.24) is 9.47 Å². The SMILES string of the molecule is Nc1cc2ccccc2c(=O)n1C1CCN2CCCCC12. The van der Waals surface area contributed by atoms with E-state index >= 15 is 0 Å². The van der Waals surface area contributed by atoms with Gasteiger partial charge in [0.15, 0.2) is 0 Å². The molecule has 2 aliphatic heterocycles. The summed E-state index contributed by atoms with van der Waals surface area (Å²) in [6.07, 6.45) is 4.77. The first-order chi connectivity index (χ1) is 10.3. The Kier molecular flexibility index (Phi) is 3.00. The fourth-order valence-electron chi connectivity index (χ4n) is 4.16. The molecule has 2 aliphatic rings. The summed E-state index contributed by atoms with van der Waals surface area (Å²) in [5, 5.41) is 1.72.